The first-order valence-corrected chi connectivity index (χ1v) is 7.17. The summed E-state index contributed by atoms with van der Waals surface area (Å²) < 4.78 is 1.89. The molecule has 0 aliphatic heterocycles. The van der Waals surface area contributed by atoms with Gasteiger partial charge in [-0.2, -0.15) is 5.10 Å². The highest BCUT2D eigenvalue weighted by molar-refractivity contribution is 14.0. The maximum atomic E-state index is 4.23. The highest BCUT2D eigenvalue weighted by atomic mass is 127. The number of halogens is 1. The van der Waals surface area contributed by atoms with Gasteiger partial charge in [-0.05, 0) is 31.0 Å². The Kier molecular flexibility index (Phi) is 7.94. The number of hydrogen-bond acceptors (Lipinski definition) is 2. The molecule has 0 unspecified atom stereocenters. The monoisotopic (exact) mass is 413 g/mol. The van der Waals surface area contributed by atoms with Crippen molar-refractivity contribution in [3.05, 3.63) is 53.3 Å². The van der Waals surface area contributed by atoms with E-state index in [9.17, 15) is 0 Å². The molecule has 0 aliphatic rings. The van der Waals surface area contributed by atoms with Crippen LogP contribution in [0.1, 0.15) is 16.7 Å². The standard InChI is InChI=1S/C16H23N5.HI/c1-13-5-6-15(14(2)11-13)12-19-16(17-3)18-8-10-21-9-4-7-20-21;/h4-7,9,11H,8,10,12H2,1-3H3,(H2,17,18,19);1H. The Labute approximate surface area is 149 Å². The largest absolute Gasteiger partial charge is 0.355 e. The number of aromatic nitrogens is 2. The third kappa shape index (κ3) is 5.67. The lowest BCUT2D eigenvalue weighted by Crippen LogP contribution is -2.38. The molecule has 1 aromatic carbocycles. The van der Waals surface area contributed by atoms with E-state index in [0.717, 1.165) is 25.6 Å². The van der Waals surface area contributed by atoms with Crippen LogP contribution in [0.25, 0.3) is 0 Å². The van der Waals surface area contributed by atoms with Crippen LogP contribution >= 0.6 is 24.0 Å². The van der Waals surface area contributed by atoms with Gasteiger partial charge in [0.2, 0.25) is 0 Å². The summed E-state index contributed by atoms with van der Waals surface area (Å²) in [5, 5.41) is 10.8. The van der Waals surface area contributed by atoms with Crippen molar-refractivity contribution in [1.82, 2.24) is 20.4 Å². The quantitative estimate of drug-likeness (QED) is 0.450. The molecular formula is C16H24IN5. The molecule has 120 valence electrons. The molecule has 22 heavy (non-hydrogen) atoms. The summed E-state index contributed by atoms with van der Waals surface area (Å²) in [6.45, 7) is 6.62. The minimum absolute atomic E-state index is 0. The third-order valence-electron chi connectivity index (χ3n) is 3.36. The highest BCUT2D eigenvalue weighted by Crippen LogP contribution is 2.09. The van der Waals surface area contributed by atoms with E-state index in [0.29, 0.717) is 0 Å². The van der Waals surface area contributed by atoms with Gasteiger partial charge in [0, 0.05) is 32.5 Å². The first-order valence-electron chi connectivity index (χ1n) is 7.17. The molecule has 2 N–H and O–H groups in total. The molecule has 6 heteroatoms. The maximum absolute atomic E-state index is 4.23. The van der Waals surface area contributed by atoms with Gasteiger partial charge in [-0.25, -0.2) is 0 Å². The summed E-state index contributed by atoms with van der Waals surface area (Å²) >= 11 is 0. The number of guanidine groups is 1. The Hall–Kier alpha value is -1.57. The fourth-order valence-electron chi connectivity index (χ4n) is 2.17. The zero-order valence-electron chi connectivity index (χ0n) is 13.3. The van der Waals surface area contributed by atoms with Crippen LogP contribution < -0.4 is 10.6 Å². The number of nitrogens with zero attached hydrogens (tertiary/aromatic N) is 3. The van der Waals surface area contributed by atoms with Crippen LogP contribution in [0.5, 0.6) is 0 Å². The van der Waals surface area contributed by atoms with Gasteiger partial charge in [-0.3, -0.25) is 9.67 Å². The van der Waals surface area contributed by atoms with Gasteiger partial charge >= 0.3 is 0 Å². The van der Waals surface area contributed by atoms with Crippen LogP contribution in [-0.2, 0) is 13.1 Å². The van der Waals surface area contributed by atoms with Crippen molar-refractivity contribution in [1.29, 1.82) is 0 Å². The molecule has 5 nitrogen and oxygen atoms in total. The number of benzene rings is 1. The van der Waals surface area contributed by atoms with E-state index in [1.165, 1.54) is 16.7 Å². The average molecular weight is 413 g/mol. The molecule has 0 saturated heterocycles. The second kappa shape index (κ2) is 9.45. The van der Waals surface area contributed by atoms with Crippen LogP contribution in [0.15, 0.2) is 41.7 Å². The molecule has 2 aromatic rings. The summed E-state index contributed by atoms with van der Waals surface area (Å²) in [7, 11) is 1.78. The Morgan fingerprint density at radius 1 is 1.27 bits per heavy atom. The second-order valence-corrected chi connectivity index (χ2v) is 5.05. The minimum atomic E-state index is 0. The van der Waals surface area contributed by atoms with Crippen LogP contribution in [0.4, 0.5) is 0 Å². The predicted octanol–water partition coefficient (Wildman–Crippen LogP) is 2.48. The van der Waals surface area contributed by atoms with Crippen molar-refractivity contribution in [2.45, 2.75) is 26.9 Å². The molecule has 0 spiro atoms. The van der Waals surface area contributed by atoms with Crippen LogP contribution in [0.3, 0.4) is 0 Å². The lowest BCUT2D eigenvalue weighted by atomic mass is 10.1. The lowest BCUT2D eigenvalue weighted by molar-refractivity contribution is 0.597. The molecule has 1 aromatic heterocycles. The predicted molar refractivity (Wildman–Crippen MR) is 102 cm³/mol. The van der Waals surface area contributed by atoms with Crippen molar-refractivity contribution in [2.24, 2.45) is 4.99 Å². The Morgan fingerprint density at radius 2 is 2.09 bits per heavy atom. The lowest BCUT2D eigenvalue weighted by Gasteiger charge is -2.13. The van der Waals surface area contributed by atoms with Crippen molar-refractivity contribution >= 4 is 29.9 Å². The van der Waals surface area contributed by atoms with E-state index < -0.39 is 0 Å². The number of rotatable bonds is 5. The van der Waals surface area contributed by atoms with E-state index in [4.69, 9.17) is 0 Å². The van der Waals surface area contributed by atoms with Crippen LogP contribution in [0, 0.1) is 13.8 Å². The van der Waals surface area contributed by atoms with Crippen molar-refractivity contribution in [3.8, 4) is 0 Å². The van der Waals surface area contributed by atoms with Gasteiger partial charge in [-0.1, -0.05) is 23.8 Å². The number of aliphatic imine (C=N–C) groups is 1. The van der Waals surface area contributed by atoms with Gasteiger partial charge in [0.25, 0.3) is 0 Å². The molecule has 0 atom stereocenters. The van der Waals surface area contributed by atoms with Crippen molar-refractivity contribution < 1.29 is 0 Å². The average Bonchev–Trinajstić information content (AvgIpc) is 2.97. The molecule has 0 saturated carbocycles. The Bertz CT molecular complexity index is 593. The molecule has 0 bridgehead atoms. The third-order valence-corrected chi connectivity index (χ3v) is 3.36. The van der Waals surface area contributed by atoms with E-state index in [2.05, 4.69) is 52.8 Å². The van der Waals surface area contributed by atoms with Gasteiger partial charge < -0.3 is 10.6 Å². The maximum Gasteiger partial charge on any atom is 0.191 e. The van der Waals surface area contributed by atoms with E-state index >= 15 is 0 Å². The number of aryl methyl sites for hydroxylation is 2. The normalized spacial score (nSPS) is 11.0. The van der Waals surface area contributed by atoms with Crippen LogP contribution in [-0.4, -0.2) is 29.3 Å². The fourth-order valence-corrected chi connectivity index (χ4v) is 2.17. The summed E-state index contributed by atoms with van der Waals surface area (Å²) in [6.07, 6.45) is 3.74. The summed E-state index contributed by atoms with van der Waals surface area (Å²) in [5.74, 6) is 0.808. The molecule has 2 rings (SSSR count). The molecule has 0 amide bonds. The molecule has 0 aliphatic carbocycles. The highest BCUT2D eigenvalue weighted by Gasteiger charge is 2.01. The Morgan fingerprint density at radius 3 is 2.73 bits per heavy atom. The molecular weight excluding hydrogens is 389 g/mol. The first-order chi connectivity index (χ1) is 10.2. The fraction of sp³-hybridized carbons (Fsp3) is 0.375. The summed E-state index contributed by atoms with van der Waals surface area (Å²) in [6, 6.07) is 8.42. The van der Waals surface area contributed by atoms with Gasteiger partial charge in [0.1, 0.15) is 0 Å². The van der Waals surface area contributed by atoms with E-state index in [1.54, 1.807) is 13.2 Å². The number of nitrogens with one attached hydrogen (secondary N) is 2. The van der Waals surface area contributed by atoms with Gasteiger partial charge in [-0.15, -0.1) is 24.0 Å². The van der Waals surface area contributed by atoms with Gasteiger partial charge in [0.15, 0.2) is 5.96 Å². The van der Waals surface area contributed by atoms with Crippen molar-refractivity contribution in [3.63, 3.8) is 0 Å². The SMILES string of the molecule is CN=C(NCCn1cccn1)NCc1ccc(C)cc1C.I. The second-order valence-electron chi connectivity index (χ2n) is 5.05. The van der Waals surface area contributed by atoms with Crippen LogP contribution in [0.2, 0.25) is 0 Å². The van der Waals surface area contributed by atoms with E-state index in [1.807, 2.05) is 16.9 Å². The minimum Gasteiger partial charge on any atom is -0.355 e. The Balaban J connectivity index is 0.00000242. The zero-order valence-corrected chi connectivity index (χ0v) is 15.7. The summed E-state index contributed by atoms with van der Waals surface area (Å²) in [5.41, 5.74) is 3.88. The summed E-state index contributed by atoms with van der Waals surface area (Å²) in [4.78, 5) is 4.23. The molecule has 0 radical (unpaired) electrons. The topological polar surface area (TPSA) is 54.2 Å². The molecule has 1 heterocycles. The zero-order chi connectivity index (χ0) is 15.1. The van der Waals surface area contributed by atoms with E-state index in [-0.39, 0.29) is 24.0 Å². The molecule has 0 fully saturated rings. The first kappa shape index (κ1) is 18.5. The number of hydrogen-bond donors (Lipinski definition) is 2. The van der Waals surface area contributed by atoms with Crippen molar-refractivity contribution in [2.75, 3.05) is 13.6 Å². The smallest absolute Gasteiger partial charge is 0.191 e. The van der Waals surface area contributed by atoms with Gasteiger partial charge in [0.05, 0.1) is 6.54 Å².